The Bertz CT molecular complexity index is 594. The van der Waals surface area contributed by atoms with Crippen LogP contribution in [0.1, 0.15) is 0 Å². The fraction of sp³-hybridized carbons (Fsp3) is 0. The van der Waals surface area contributed by atoms with Gasteiger partial charge in [0.2, 0.25) is 5.95 Å². The Hall–Kier alpha value is -1.44. The lowest BCUT2D eigenvalue weighted by molar-refractivity contribution is 0.984. The number of hydrogen-bond acceptors (Lipinski definition) is 5. The van der Waals surface area contributed by atoms with Crippen molar-refractivity contribution in [1.29, 1.82) is 0 Å². The van der Waals surface area contributed by atoms with Gasteiger partial charge in [-0.1, -0.05) is 17.7 Å². The second kappa shape index (κ2) is 4.82. The summed E-state index contributed by atoms with van der Waals surface area (Å²) >= 11 is 9.38. The van der Waals surface area contributed by atoms with Crippen LogP contribution in [0.15, 0.2) is 27.5 Å². The number of aromatic amines is 1. The zero-order chi connectivity index (χ0) is 12.4. The minimum Gasteiger partial charge on any atom is -0.292 e. The molecule has 1 aromatic carbocycles. The molecule has 0 aliphatic heterocycles. The summed E-state index contributed by atoms with van der Waals surface area (Å²) in [6.45, 7) is 0. The number of H-pyrrole nitrogens is 1. The molecule has 2 rings (SSSR count). The third-order valence-corrected chi connectivity index (χ3v) is 2.95. The molecule has 2 aromatic rings. The molecule has 0 spiro atoms. The molecule has 1 heterocycles. The van der Waals surface area contributed by atoms with Crippen molar-refractivity contribution in [3.05, 3.63) is 38.2 Å². The molecule has 0 saturated heterocycles. The van der Waals surface area contributed by atoms with Gasteiger partial charge in [0.1, 0.15) is 5.82 Å². The summed E-state index contributed by atoms with van der Waals surface area (Å²) in [4.78, 5) is 21.3. The molecule has 0 aliphatic rings. The summed E-state index contributed by atoms with van der Waals surface area (Å²) < 4.78 is 0.710. The highest BCUT2D eigenvalue weighted by molar-refractivity contribution is 9.10. The Balaban J connectivity index is 2.68. The normalized spacial score (nSPS) is 10.3. The largest absolute Gasteiger partial charge is 0.349 e. The van der Waals surface area contributed by atoms with Crippen molar-refractivity contribution in [3.8, 4) is 11.4 Å². The lowest BCUT2D eigenvalue weighted by Crippen LogP contribution is -2.19. The first-order chi connectivity index (χ1) is 8.11. The van der Waals surface area contributed by atoms with E-state index < -0.39 is 5.69 Å². The van der Waals surface area contributed by atoms with Crippen LogP contribution in [-0.2, 0) is 0 Å². The van der Waals surface area contributed by atoms with Crippen LogP contribution in [0.25, 0.3) is 11.4 Å². The summed E-state index contributed by atoms with van der Waals surface area (Å²) in [6, 6.07) is 5.26. The van der Waals surface area contributed by atoms with E-state index in [1.807, 2.05) is 0 Å². The van der Waals surface area contributed by atoms with E-state index in [-0.39, 0.29) is 11.8 Å². The second-order valence-electron chi connectivity index (χ2n) is 3.07. The van der Waals surface area contributed by atoms with Gasteiger partial charge in [-0.25, -0.2) is 10.6 Å². The van der Waals surface area contributed by atoms with E-state index in [1.54, 1.807) is 18.2 Å². The van der Waals surface area contributed by atoms with Crippen LogP contribution in [0, 0.1) is 0 Å². The Morgan fingerprint density at radius 3 is 2.82 bits per heavy atom. The number of anilines is 1. The Labute approximate surface area is 109 Å². The standard InChI is InChI=1S/C9H7BrClN5O/c10-4-2-1-3-5(11)6(4)7-13-8(16-12)15-9(17)14-7/h1-3H,12H2,(H2,13,14,15,16,17). The van der Waals surface area contributed by atoms with Gasteiger partial charge in [-0.3, -0.25) is 10.4 Å². The van der Waals surface area contributed by atoms with E-state index in [0.29, 0.717) is 15.1 Å². The van der Waals surface area contributed by atoms with E-state index in [1.165, 1.54) is 0 Å². The van der Waals surface area contributed by atoms with E-state index in [2.05, 4.69) is 36.3 Å². The van der Waals surface area contributed by atoms with Crippen molar-refractivity contribution >= 4 is 33.5 Å². The highest BCUT2D eigenvalue weighted by atomic mass is 79.9. The van der Waals surface area contributed by atoms with Gasteiger partial charge in [-0.15, -0.1) is 0 Å². The zero-order valence-electron chi connectivity index (χ0n) is 8.37. The fourth-order valence-electron chi connectivity index (χ4n) is 1.29. The average molecular weight is 317 g/mol. The van der Waals surface area contributed by atoms with Crippen molar-refractivity contribution < 1.29 is 0 Å². The first kappa shape index (κ1) is 12.0. The third-order valence-electron chi connectivity index (χ3n) is 1.98. The maximum Gasteiger partial charge on any atom is 0.349 e. The van der Waals surface area contributed by atoms with E-state index in [4.69, 9.17) is 17.4 Å². The van der Waals surface area contributed by atoms with Gasteiger partial charge in [0.05, 0.1) is 10.6 Å². The quantitative estimate of drug-likeness (QED) is 0.577. The molecule has 1 aromatic heterocycles. The molecule has 6 nitrogen and oxygen atoms in total. The number of hydrogen-bond donors (Lipinski definition) is 3. The first-order valence-corrected chi connectivity index (χ1v) is 5.68. The molecule has 4 N–H and O–H groups in total. The van der Waals surface area contributed by atoms with Gasteiger partial charge in [0, 0.05) is 4.47 Å². The predicted molar refractivity (Wildman–Crippen MR) is 68.6 cm³/mol. The van der Waals surface area contributed by atoms with Crippen molar-refractivity contribution in [1.82, 2.24) is 15.0 Å². The lowest BCUT2D eigenvalue weighted by Gasteiger charge is -2.06. The molecule has 17 heavy (non-hydrogen) atoms. The molecule has 8 heteroatoms. The van der Waals surface area contributed by atoms with Crippen molar-refractivity contribution in [3.63, 3.8) is 0 Å². The number of hydrazine groups is 1. The van der Waals surface area contributed by atoms with Crippen LogP contribution >= 0.6 is 27.5 Å². The second-order valence-corrected chi connectivity index (χ2v) is 4.33. The molecular weight excluding hydrogens is 309 g/mol. The number of aromatic nitrogens is 3. The van der Waals surface area contributed by atoms with Gasteiger partial charge in [0.15, 0.2) is 0 Å². The number of nitrogen functional groups attached to an aromatic ring is 1. The Morgan fingerprint density at radius 2 is 2.18 bits per heavy atom. The maximum absolute atomic E-state index is 11.3. The maximum atomic E-state index is 11.3. The number of nitrogens with zero attached hydrogens (tertiary/aromatic N) is 2. The molecule has 0 radical (unpaired) electrons. The minimum atomic E-state index is -0.560. The van der Waals surface area contributed by atoms with E-state index in [0.717, 1.165) is 0 Å². The summed E-state index contributed by atoms with van der Waals surface area (Å²) in [7, 11) is 0. The summed E-state index contributed by atoms with van der Waals surface area (Å²) in [5, 5.41) is 0.455. The van der Waals surface area contributed by atoms with Crippen LogP contribution in [0.2, 0.25) is 5.02 Å². The number of nitrogens with one attached hydrogen (secondary N) is 2. The summed E-state index contributed by atoms with van der Waals surface area (Å²) in [5.41, 5.74) is 2.23. The van der Waals surface area contributed by atoms with Gasteiger partial charge in [-0.05, 0) is 28.1 Å². The molecular formula is C9H7BrClN5O. The smallest absolute Gasteiger partial charge is 0.292 e. The fourth-order valence-corrected chi connectivity index (χ4v) is 2.22. The van der Waals surface area contributed by atoms with Gasteiger partial charge >= 0.3 is 5.69 Å². The molecule has 0 fully saturated rings. The SMILES string of the molecule is NNc1nc(-c2c(Cl)cccc2Br)[nH]c(=O)n1. The molecule has 88 valence electrons. The number of nitrogens with two attached hydrogens (primary N) is 1. The zero-order valence-corrected chi connectivity index (χ0v) is 10.7. The summed E-state index contributed by atoms with van der Waals surface area (Å²) in [5.74, 6) is 5.48. The van der Waals surface area contributed by atoms with Crippen LogP contribution in [0.4, 0.5) is 5.95 Å². The first-order valence-electron chi connectivity index (χ1n) is 4.51. The van der Waals surface area contributed by atoms with Crippen molar-refractivity contribution in [2.24, 2.45) is 5.84 Å². The number of rotatable bonds is 2. The van der Waals surface area contributed by atoms with Gasteiger partial charge < -0.3 is 0 Å². The van der Waals surface area contributed by atoms with E-state index >= 15 is 0 Å². The van der Waals surface area contributed by atoms with Crippen molar-refractivity contribution in [2.45, 2.75) is 0 Å². The minimum absolute atomic E-state index is 0.0237. The predicted octanol–water partition coefficient (Wildman–Crippen LogP) is 1.53. The molecule has 0 atom stereocenters. The van der Waals surface area contributed by atoms with Crippen molar-refractivity contribution in [2.75, 3.05) is 5.43 Å². The van der Waals surface area contributed by atoms with Crippen LogP contribution in [0.3, 0.4) is 0 Å². The lowest BCUT2D eigenvalue weighted by atomic mass is 10.2. The van der Waals surface area contributed by atoms with Crippen LogP contribution < -0.4 is 17.0 Å². The highest BCUT2D eigenvalue weighted by Crippen LogP contribution is 2.32. The Morgan fingerprint density at radius 1 is 1.41 bits per heavy atom. The van der Waals surface area contributed by atoms with Gasteiger partial charge in [-0.2, -0.15) is 9.97 Å². The molecule has 0 unspecified atom stereocenters. The van der Waals surface area contributed by atoms with Crippen LogP contribution in [0.5, 0.6) is 0 Å². The molecule has 0 amide bonds. The topological polar surface area (TPSA) is 96.7 Å². The third kappa shape index (κ3) is 2.46. The molecule has 0 aliphatic carbocycles. The van der Waals surface area contributed by atoms with E-state index in [9.17, 15) is 4.79 Å². The number of benzene rings is 1. The van der Waals surface area contributed by atoms with Crippen LogP contribution in [-0.4, -0.2) is 15.0 Å². The van der Waals surface area contributed by atoms with Gasteiger partial charge in [0.25, 0.3) is 0 Å². The molecule has 0 saturated carbocycles. The Kier molecular flexibility index (Phi) is 3.41. The highest BCUT2D eigenvalue weighted by Gasteiger charge is 2.11. The monoisotopic (exact) mass is 315 g/mol. The average Bonchev–Trinajstić information content (AvgIpc) is 2.28. The summed E-state index contributed by atoms with van der Waals surface area (Å²) in [6.07, 6.45) is 0. The molecule has 0 bridgehead atoms. The number of halogens is 2.